The highest BCUT2D eigenvalue weighted by Crippen LogP contribution is 2.19. The van der Waals surface area contributed by atoms with Crippen LogP contribution in [-0.2, 0) is 6.54 Å². The maximum atomic E-state index is 12.2. The number of amides is 2. The summed E-state index contributed by atoms with van der Waals surface area (Å²) in [6.45, 7) is -2.72. The molecule has 7 nitrogen and oxygen atoms in total. The third kappa shape index (κ3) is 5.34. The average Bonchev–Trinajstić information content (AvgIpc) is 2.53. The molecule has 0 aliphatic rings. The number of nitrogens with zero attached hydrogens (tertiary/aromatic N) is 3. The second-order valence-corrected chi connectivity index (χ2v) is 4.96. The molecule has 0 saturated carbocycles. The van der Waals surface area contributed by atoms with Crippen LogP contribution in [0.1, 0.15) is 5.69 Å². The summed E-state index contributed by atoms with van der Waals surface area (Å²) in [4.78, 5) is 22.0. The first-order valence-corrected chi connectivity index (χ1v) is 7.03. The number of rotatable bonds is 6. The Morgan fingerprint density at radius 3 is 2.83 bits per heavy atom. The fourth-order valence-electron chi connectivity index (χ4n) is 1.79. The molecule has 1 heterocycles. The van der Waals surface area contributed by atoms with Gasteiger partial charge in [0.25, 0.3) is 0 Å². The molecular formula is C15H17F2N5O2. The minimum Gasteiger partial charge on any atom is -0.435 e. The first-order chi connectivity index (χ1) is 11.4. The molecule has 0 radical (unpaired) electrons. The zero-order valence-corrected chi connectivity index (χ0v) is 13.2. The first kappa shape index (κ1) is 17.4. The lowest BCUT2D eigenvalue weighted by molar-refractivity contribution is -0.0497. The highest BCUT2D eigenvalue weighted by atomic mass is 19.3. The Hall–Kier alpha value is -2.97. The van der Waals surface area contributed by atoms with Gasteiger partial charge in [-0.2, -0.15) is 8.78 Å². The van der Waals surface area contributed by atoms with E-state index in [2.05, 4.69) is 25.3 Å². The van der Waals surface area contributed by atoms with Gasteiger partial charge >= 0.3 is 12.6 Å². The topological polar surface area (TPSA) is 79.4 Å². The third-order valence-electron chi connectivity index (χ3n) is 2.85. The van der Waals surface area contributed by atoms with Crippen molar-refractivity contribution in [3.05, 3.63) is 42.2 Å². The second-order valence-electron chi connectivity index (χ2n) is 4.96. The molecule has 128 valence electrons. The maximum absolute atomic E-state index is 12.2. The Morgan fingerprint density at radius 2 is 2.12 bits per heavy atom. The lowest BCUT2D eigenvalue weighted by Crippen LogP contribution is -2.28. The minimum atomic E-state index is -2.92. The van der Waals surface area contributed by atoms with Crippen LogP contribution in [0.2, 0.25) is 0 Å². The summed E-state index contributed by atoms with van der Waals surface area (Å²) in [6.07, 6.45) is 1.60. The van der Waals surface area contributed by atoms with Crippen LogP contribution in [0.4, 0.5) is 25.2 Å². The summed E-state index contributed by atoms with van der Waals surface area (Å²) in [5.41, 5.74) is 0.973. The van der Waals surface area contributed by atoms with E-state index in [1.165, 1.54) is 18.2 Å². The number of halogens is 2. The zero-order chi connectivity index (χ0) is 17.5. The van der Waals surface area contributed by atoms with Crippen LogP contribution in [0, 0.1) is 0 Å². The van der Waals surface area contributed by atoms with Gasteiger partial charge in [-0.3, -0.25) is 0 Å². The number of aromatic nitrogens is 2. The Balaban J connectivity index is 1.90. The van der Waals surface area contributed by atoms with Crippen LogP contribution in [0.25, 0.3) is 0 Å². The molecule has 0 unspecified atom stereocenters. The summed E-state index contributed by atoms with van der Waals surface area (Å²) in [7, 11) is 3.63. The van der Waals surface area contributed by atoms with Gasteiger partial charge < -0.3 is 20.3 Å². The Bertz CT molecular complexity index is 697. The number of alkyl halides is 2. The number of carbonyl (C=O) groups is 1. The number of benzene rings is 1. The van der Waals surface area contributed by atoms with Gasteiger partial charge in [-0.05, 0) is 18.2 Å². The third-order valence-corrected chi connectivity index (χ3v) is 2.85. The fraction of sp³-hybridized carbons (Fsp3) is 0.267. The van der Waals surface area contributed by atoms with Crippen LogP contribution in [0.15, 0.2) is 36.5 Å². The number of hydrogen-bond acceptors (Lipinski definition) is 5. The summed E-state index contributed by atoms with van der Waals surface area (Å²) < 4.78 is 28.6. The van der Waals surface area contributed by atoms with Crippen LogP contribution >= 0.6 is 0 Å². The number of urea groups is 1. The molecule has 0 fully saturated rings. The van der Waals surface area contributed by atoms with Crippen molar-refractivity contribution in [2.45, 2.75) is 13.2 Å². The molecule has 0 spiro atoms. The molecule has 1 aromatic heterocycles. The van der Waals surface area contributed by atoms with Gasteiger partial charge in [0.05, 0.1) is 12.2 Å². The quantitative estimate of drug-likeness (QED) is 0.846. The van der Waals surface area contributed by atoms with E-state index in [9.17, 15) is 13.6 Å². The summed E-state index contributed by atoms with van der Waals surface area (Å²) in [5.74, 6) is 0.501. The average molecular weight is 337 g/mol. The predicted molar refractivity (Wildman–Crippen MR) is 85.3 cm³/mol. The van der Waals surface area contributed by atoms with Crippen LogP contribution in [0.5, 0.6) is 5.75 Å². The summed E-state index contributed by atoms with van der Waals surface area (Å²) in [5, 5.41) is 5.16. The molecule has 2 rings (SSSR count). The van der Waals surface area contributed by atoms with Crippen molar-refractivity contribution >= 4 is 17.7 Å². The molecule has 24 heavy (non-hydrogen) atoms. The zero-order valence-electron chi connectivity index (χ0n) is 13.2. The predicted octanol–water partition coefficient (Wildman–Crippen LogP) is 2.47. The van der Waals surface area contributed by atoms with Gasteiger partial charge in [0.15, 0.2) is 0 Å². The van der Waals surface area contributed by atoms with E-state index in [1.807, 2.05) is 14.1 Å². The molecular weight excluding hydrogens is 320 g/mol. The molecule has 0 saturated heterocycles. The van der Waals surface area contributed by atoms with Crippen molar-refractivity contribution in [2.24, 2.45) is 0 Å². The van der Waals surface area contributed by atoms with E-state index in [0.717, 1.165) is 0 Å². The maximum Gasteiger partial charge on any atom is 0.387 e. The van der Waals surface area contributed by atoms with Gasteiger partial charge in [0.1, 0.15) is 5.75 Å². The lowest BCUT2D eigenvalue weighted by Gasteiger charge is -2.12. The van der Waals surface area contributed by atoms with Crippen molar-refractivity contribution in [2.75, 3.05) is 24.3 Å². The molecule has 2 aromatic rings. The number of anilines is 2. The van der Waals surface area contributed by atoms with Crippen LogP contribution in [-0.4, -0.2) is 36.7 Å². The van der Waals surface area contributed by atoms with Crippen molar-refractivity contribution in [1.29, 1.82) is 0 Å². The molecule has 0 aliphatic carbocycles. The molecule has 0 atom stereocenters. The monoisotopic (exact) mass is 337 g/mol. The van der Waals surface area contributed by atoms with Crippen LogP contribution < -0.4 is 20.3 Å². The minimum absolute atomic E-state index is 0.0331. The van der Waals surface area contributed by atoms with Crippen molar-refractivity contribution in [3.8, 4) is 5.75 Å². The fourth-order valence-corrected chi connectivity index (χ4v) is 1.79. The van der Waals surface area contributed by atoms with Crippen molar-refractivity contribution in [3.63, 3.8) is 0 Å². The molecule has 0 aliphatic heterocycles. The Morgan fingerprint density at radius 1 is 1.33 bits per heavy atom. The normalized spacial score (nSPS) is 10.4. The summed E-state index contributed by atoms with van der Waals surface area (Å²) >= 11 is 0. The van der Waals surface area contributed by atoms with E-state index in [1.54, 1.807) is 23.2 Å². The second kappa shape index (κ2) is 8.04. The first-order valence-electron chi connectivity index (χ1n) is 7.03. The SMILES string of the molecule is CN(C)c1nccc(CNC(=O)Nc2cccc(OC(F)F)c2)n1. The van der Waals surface area contributed by atoms with Gasteiger partial charge in [-0.15, -0.1) is 0 Å². The lowest BCUT2D eigenvalue weighted by atomic mass is 10.3. The van der Waals surface area contributed by atoms with Crippen LogP contribution in [0.3, 0.4) is 0 Å². The van der Waals surface area contributed by atoms with E-state index in [-0.39, 0.29) is 12.3 Å². The van der Waals surface area contributed by atoms with Gasteiger partial charge in [-0.1, -0.05) is 6.07 Å². The van der Waals surface area contributed by atoms with E-state index < -0.39 is 12.6 Å². The Kier molecular flexibility index (Phi) is 5.83. The number of carbonyl (C=O) groups excluding carboxylic acids is 1. The van der Waals surface area contributed by atoms with Crippen molar-refractivity contribution in [1.82, 2.24) is 15.3 Å². The van der Waals surface area contributed by atoms with Gasteiger partial charge in [0, 0.05) is 32.0 Å². The molecule has 2 N–H and O–H groups in total. The molecule has 1 aromatic carbocycles. The van der Waals surface area contributed by atoms with Gasteiger partial charge in [0.2, 0.25) is 5.95 Å². The molecule has 9 heteroatoms. The molecule has 0 bridgehead atoms. The molecule has 2 amide bonds. The standard InChI is InChI=1S/C15H17F2N5O2/c1-22(2)14-18-7-6-11(20-14)9-19-15(23)21-10-4-3-5-12(8-10)24-13(16)17/h3-8,13H,9H2,1-2H3,(H2,19,21,23). The van der Waals surface area contributed by atoms with E-state index in [0.29, 0.717) is 17.3 Å². The number of hydrogen-bond donors (Lipinski definition) is 2. The number of ether oxygens (including phenoxy) is 1. The highest BCUT2D eigenvalue weighted by Gasteiger charge is 2.07. The highest BCUT2D eigenvalue weighted by molar-refractivity contribution is 5.89. The van der Waals surface area contributed by atoms with E-state index >= 15 is 0 Å². The Labute approximate surface area is 137 Å². The van der Waals surface area contributed by atoms with E-state index in [4.69, 9.17) is 0 Å². The summed E-state index contributed by atoms with van der Waals surface area (Å²) in [6, 6.07) is 6.94. The smallest absolute Gasteiger partial charge is 0.387 e. The number of nitrogens with one attached hydrogen (secondary N) is 2. The van der Waals surface area contributed by atoms with Gasteiger partial charge in [-0.25, -0.2) is 14.8 Å². The van der Waals surface area contributed by atoms with Crippen molar-refractivity contribution < 1.29 is 18.3 Å². The largest absolute Gasteiger partial charge is 0.435 e.